The lowest BCUT2D eigenvalue weighted by Gasteiger charge is -2.11. The SMILES string of the molecule is O=C(NCCc1cccs1)c1ccc2c(c1)C(=O)N(Cc1ccco1)C2=O. The van der Waals surface area contributed by atoms with Crippen molar-refractivity contribution in [1.82, 2.24) is 10.2 Å². The minimum absolute atomic E-state index is 0.0711. The van der Waals surface area contributed by atoms with E-state index in [1.165, 1.54) is 23.3 Å². The van der Waals surface area contributed by atoms with Gasteiger partial charge in [0.05, 0.1) is 23.9 Å². The van der Waals surface area contributed by atoms with E-state index in [0.29, 0.717) is 23.4 Å². The monoisotopic (exact) mass is 380 g/mol. The summed E-state index contributed by atoms with van der Waals surface area (Å²) in [6, 6.07) is 12.0. The van der Waals surface area contributed by atoms with Crippen molar-refractivity contribution in [3.63, 3.8) is 0 Å². The van der Waals surface area contributed by atoms with Crippen molar-refractivity contribution in [3.8, 4) is 0 Å². The average molecular weight is 380 g/mol. The van der Waals surface area contributed by atoms with E-state index in [0.717, 1.165) is 11.3 Å². The molecule has 1 aromatic carbocycles. The molecular formula is C20H16N2O4S. The number of thiophene rings is 1. The number of amides is 3. The Morgan fingerprint density at radius 3 is 2.67 bits per heavy atom. The van der Waals surface area contributed by atoms with Gasteiger partial charge in [0.2, 0.25) is 0 Å². The van der Waals surface area contributed by atoms with Gasteiger partial charge < -0.3 is 9.73 Å². The molecule has 7 heteroatoms. The van der Waals surface area contributed by atoms with Crippen molar-refractivity contribution in [3.05, 3.63) is 81.4 Å². The van der Waals surface area contributed by atoms with E-state index in [1.807, 2.05) is 17.5 Å². The molecule has 0 aliphatic carbocycles. The molecule has 3 heterocycles. The molecule has 0 saturated heterocycles. The smallest absolute Gasteiger partial charge is 0.261 e. The Bertz CT molecular complexity index is 993. The lowest BCUT2D eigenvalue weighted by Crippen LogP contribution is -2.28. The third-order valence-corrected chi connectivity index (χ3v) is 5.30. The highest BCUT2D eigenvalue weighted by molar-refractivity contribution is 7.09. The van der Waals surface area contributed by atoms with Crippen LogP contribution in [0.5, 0.6) is 0 Å². The fourth-order valence-corrected chi connectivity index (χ4v) is 3.70. The molecule has 0 atom stereocenters. The average Bonchev–Trinajstić information content (AvgIpc) is 3.41. The Balaban J connectivity index is 1.46. The number of imide groups is 1. The van der Waals surface area contributed by atoms with Crippen molar-refractivity contribution in [2.24, 2.45) is 0 Å². The number of benzene rings is 1. The Hall–Kier alpha value is -3.19. The van der Waals surface area contributed by atoms with Crippen molar-refractivity contribution in [2.45, 2.75) is 13.0 Å². The molecule has 4 rings (SSSR count). The van der Waals surface area contributed by atoms with Crippen LogP contribution in [-0.4, -0.2) is 29.2 Å². The lowest BCUT2D eigenvalue weighted by atomic mass is 10.1. The molecule has 1 aliphatic rings. The maximum absolute atomic E-state index is 12.6. The second kappa shape index (κ2) is 7.20. The Labute approximate surface area is 159 Å². The first-order valence-electron chi connectivity index (χ1n) is 8.46. The molecular weight excluding hydrogens is 364 g/mol. The van der Waals surface area contributed by atoms with E-state index in [-0.39, 0.29) is 23.9 Å². The summed E-state index contributed by atoms with van der Waals surface area (Å²) < 4.78 is 5.22. The van der Waals surface area contributed by atoms with E-state index in [9.17, 15) is 14.4 Å². The molecule has 0 saturated carbocycles. The first kappa shape index (κ1) is 17.2. The summed E-state index contributed by atoms with van der Waals surface area (Å²) in [5.41, 5.74) is 0.917. The fourth-order valence-electron chi connectivity index (χ4n) is 2.99. The van der Waals surface area contributed by atoms with Crippen LogP contribution >= 0.6 is 11.3 Å². The number of hydrogen-bond donors (Lipinski definition) is 1. The van der Waals surface area contributed by atoms with E-state index in [2.05, 4.69) is 5.32 Å². The third kappa shape index (κ3) is 3.41. The fraction of sp³-hybridized carbons (Fsp3) is 0.150. The molecule has 136 valence electrons. The molecule has 0 spiro atoms. The summed E-state index contributed by atoms with van der Waals surface area (Å²) >= 11 is 1.64. The number of hydrogen-bond acceptors (Lipinski definition) is 5. The number of carbonyl (C=O) groups excluding carboxylic acids is 3. The molecule has 3 amide bonds. The van der Waals surface area contributed by atoms with Gasteiger partial charge in [-0.15, -0.1) is 11.3 Å². The molecule has 6 nitrogen and oxygen atoms in total. The highest BCUT2D eigenvalue weighted by Crippen LogP contribution is 2.25. The summed E-state index contributed by atoms with van der Waals surface area (Å²) in [5, 5.41) is 4.84. The summed E-state index contributed by atoms with van der Waals surface area (Å²) in [7, 11) is 0. The third-order valence-electron chi connectivity index (χ3n) is 4.36. The Kier molecular flexibility index (Phi) is 4.60. The van der Waals surface area contributed by atoms with Crippen molar-refractivity contribution < 1.29 is 18.8 Å². The summed E-state index contributed by atoms with van der Waals surface area (Å²) in [6.45, 7) is 0.579. The largest absolute Gasteiger partial charge is 0.467 e. The van der Waals surface area contributed by atoms with Crippen LogP contribution in [0.3, 0.4) is 0 Å². The Morgan fingerprint density at radius 1 is 1.07 bits per heavy atom. The number of fused-ring (bicyclic) bond motifs is 1. The first-order chi connectivity index (χ1) is 13.1. The Morgan fingerprint density at radius 2 is 1.93 bits per heavy atom. The van der Waals surface area contributed by atoms with Crippen molar-refractivity contribution in [1.29, 1.82) is 0 Å². The maximum atomic E-state index is 12.6. The lowest BCUT2D eigenvalue weighted by molar-refractivity contribution is 0.0631. The number of nitrogens with zero attached hydrogens (tertiary/aromatic N) is 1. The maximum Gasteiger partial charge on any atom is 0.261 e. The second-order valence-corrected chi connectivity index (χ2v) is 7.15. The van der Waals surface area contributed by atoms with Crippen LogP contribution in [0.15, 0.2) is 58.5 Å². The highest BCUT2D eigenvalue weighted by Gasteiger charge is 2.36. The minimum Gasteiger partial charge on any atom is -0.467 e. The van der Waals surface area contributed by atoms with Crippen LogP contribution in [0.1, 0.15) is 41.7 Å². The zero-order valence-electron chi connectivity index (χ0n) is 14.3. The van der Waals surface area contributed by atoms with Gasteiger partial charge in [-0.05, 0) is 48.2 Å². The van der Waals surface area contributed by atoms with Crippen LogP contribution in [0, 0.1) is 0 Å². The van der Waals surface area contributed by atoms with Gasteiger partial charge in [-0.2, -0.15) is 0 Å². The predicted molar refractivity (Wildman–Crippen MR) is 99.7 cm³/mol. The highest BCUT2D eigenvalue weighted by atomic mass is 32.1. The molecule has 2 aromatic heterocycles. The van der Waals surface area contributed by atoms with Gasteiger partial charge in [-0.3, -0.25) is 19.3 Å². The molecule has 0 unspecified atom stereocenters. The zero-order chi connectivity index (χ0) is 18.8. The summed E-state index contributed by atoms with van der Waals surface area (Å²) in [4.78, 5) is 39.8. The van der Waals surface area contributed by atoms with Crippen LogP contribution in [-0.2, 0) is 13.0 Å². The van der Waals surface area contributed by atoms with Gasteiger partial charge in [0, 0.05) is 17.0 Å². The normalized spacial score (nSPS) is 13.1. The van der Waals surface area contributed by atoms with Gasteiger partial charge in [0.1, 0.15) is 5.76 Å². The molecule has 0 bridgehead atoms. The van der Waals surface area contributed by atoms with E-state index >= 15 is 0 Å². The number of rotatable bonds is 6. The van der Waals surface area contributed by atoms with Crippen molar-refractivity contribution in [2.75, 3.05) is 6.54 Å². The number of furan rings is 1. The van der Waals surface area contributed by atoms with Gasteiger partial charge >= 0.3 is 0 Å². The number of nitrogens with one attached hydrogen (secondary N) is 1. The topological polar surface area (TPSA) is 79.6 Å². The standard InChI is InChI=1S/C20H16N2O4S/c23-18(21-8-7-15-4-2-10-27-15)13-5-6-16-17(11-13)20(25)22(19(16)24)12-14-3-1-9-26-14/h1-6,9-11H,7-8,12H2,(H,21,23). The van der Waals surface area contributed by atoms with Crippen LogP contribution < -0.4 is 5.32 Å². The van der Waals surface area contributed by atoms with Gasteiger partial charge in [0.15, 0.2) is 0 Å². The first-order valence-corrected chi connectivity index (χ1v) is 9.34. The van der Waals surface area contributed by atoms with E-state index in [4.69, 9.17) is 4.42 Å². The molecule has 0 radical (unpaired) electrons. The molecule has 1 N–H and O–H groups in total. The van der Waals surface area contributed by atoms with Gasteiger partial charge in [0.25, 0.3) is 17.7 Å². The zero-order valence-corrected chi connectivity index (χ0v) is 15.1. The molecule has 27 heavy (non-hydrogen) atoms. The molecule has 0 fully saturated rings. The van der Waals surface area contributed by atoms with E-state index < -0.39 is 5.91 Å². The van der Waals surface area contributed by atoms with E-state index in [1.54, 1.807) is 29.5 Å². The number of carbonyl (C=O) groups is 3. The van der Waals surface area contributed by atoms with Gasteiger partial charge in [-0.25, -0.2) is 0 Å². The molecule has 3 aromatic rings. The summed E-state index contributed by atoms with van der Waals surface area (Å²) in [5.74, 6) is -0.536. The van der Waals surface area contributed by atoms with Crippen LogP contribution in [0.4, 0.5) is 0 Å². The van der Waals surface area contributed by atoms with Crippen LogP contribution in [0.25, 0.3) is 0 Å². The quantitative estimate of drug-likeness (QED) is 0.667. The predicted octanol–water partition coefficient (Wildman–Crippen LogP) is 3.11. The molecule has 1 aliphatic heterocycles. The summed E-state index contributed by atoms with van der Waals surface area (Å²) in [6.07, 6.45) is 2.24. The second-order valence-electron chi connectivity index (χ2n) is 6.12. The van der Waals surface area contributed by atoms with Gasteiger partial charge in [-0.1, -0.05) is 6.07 Å². The minimum atomic E-state index is -0.417. The van der Waals surface area contributed by atoms with Crippen LogP contribution in [0.2, 0.25) is 0 Å². The van der Waals surface area contributed by atoms with Crippen molar-refractivity contribution >= 4 is 29.1 Å².